The zero-order valence-electron chi connectivity index (χ0n) is 15.0. The molecule has 0 aliphatic heterocycles. The standard InChI is InChI=1S/C21H17BrCl2O3S/c1-2-3-20-16(22)11-21(28-20)18(25)9-7-14-5-6-15(27-14)12-26-19-10-13(23)4-8-17(19)24/h4-11H,2-3,12H2,1H3/b9-7+. The van der Waals surface area contributed by atoms with Gasteiger partial charge in [0.25, 0.3) is 0 Å². The predicted octanol–water partition coefficient (Wildman–Crippen LogP) is 7.84. The smallest absolute Gasteiger partial charge is 0.195 e. The van der Waals surface area contributed by atoms with E-state index in [0.29, 0.717) is 32.2 Å². The molecule has 0 N–H and O–H groups in total. The minimum Gasteiger partial charge on any atom is -0.484 e. The van der Waals surface area contributed by atoms with E-state index in [1.807, 2.05) is 6.07 Å². The van der Waals surface area contributed by atoms with E-state index < -0.39 is 0 Å². The lowest BCUT2D eigenvalue weighted by Crippen LogP contribution is -1.94. The molecule has 0 atom stereocenters. The molecule has 7 heteroatoms. The van der Waals surface area contributed by atoms with E-state index in [1.165, 1.54) is 22.3 Å². The number of hydrogen-bond acceptors (Lipinski definition) is 4. The lowest BCUT2D eigenvalue weighted by atomic mass is 10.2. The second kappa shape index (κ2) is 9.79. The van der Waals surface area contributed by atoms with E-state index >= 15 is 0 Å². The van der Waals surface area contributed by atoms with E-state index in [0.717, 1.165) is 17.3 Å². The van der Waals surface area contributed by atoms with E-state index in [9.17, 15) is 4.79 Å². The molecule has 3 aromatic rings. The maximum absolute atomic E-state index is 12.4. The van der Waals surface area contributed by atoms with Gasteiger partial charge in [-0.1, -0.05) is 36.5 Å². The normalized spacial score (nSPS) is 11.3. The van der Waals surface area contributed by atoms with Crippen LogP contribution in [-0.2, 0) is 13.0 Å². The second-order valence-electron chi connectivity index (χ2n) is 6.00. The van der Waals surface area contributed by atoms with Crippen LogP contribution in [0, 0.1) is 0 Å². The fraction of sp³-hybridized carbons (Fsp3) is 0.190. The second-order valence-corrected chi connectivity index (χ2v) is 8.83. The molecule has 3 nitrogen and oxygen atoms in total. The van der Waals surface area contributed by atoms with Gasteiger partial charge in [0.05, 0.1) is 9.90 Å². The van der Waals surface area contributed by atoms with Crippen molar-refractivity contribution in [3.8, 4) is 5.75 Å². The van der Waals surface area contributed by atoms with Crippen molar-refractivity contribution in [2.45, 2.75) is 26.4 Å². The molecular formula is C21H17BrCl2O3S. The number of halogens is 3. The molecule has 146 valence electrons. The first kappa shape index (κ1) is 21.2. The van der Waals surface area contributed by atoms with E-state index in [4.69, 9.17) is 32.4 Å². The van der Waals surface area contributed by atoms with Crippen LogP contribution >= 0.6 is 50.5 Å². The van der Waals surface area contributed by atoms with Gasteiger partial charge in [-0.05, 0) is 64.8 Å². The number of aryl methyl sites for hydroxylation is 1. The Kier molecular flexibility index (Phi) is 7.41. The lowest BCUT2D eigenvalue weighted by Gasteiger charge is -2.06. The van der Waals surface area contributed by atoms with Crippen LogP contribution in [0.15, 0.2) is 51.4 Å². The Bertz CT molecular complexity index is 1010. The topological polar surface area (TPSA) is 39.4 Å². The Hall–Kier alpha value is -1.53. The van der Waals surface area contributed by atoms with Crippen LogP contribution in [-0.4, -0.2) is 5.78 Å². The third-order valence-corrected chi connectivity index (χ3v) is 6.55. The summed E-state index contributed by atoms with van der Waals surface area (Å²) >= 11 is 17.1. The quantitative estimate of drug-likeness (QED) is 0.234. The summed E-state index contributed by atoms with van der Waals surface area (Å²) in [4.78, 5) is 14.3. The number of furan rings is 1. The van der Waals surface area contributed by atoms with Crippen molar-refractivity contribution in [1.29, 1.82) is 0 Å². The summed E-state index contributed by atoms with van der Waals surface area (Å²) in [7, 11) is 0. The van der Waals surface area contributed by atoms with Gasteiger partial charge >= 0.3 is 0 Å². The molecular weight excluding hydrogens is 483 g/mol. The van der Waals surface area contributed by atoms with Gasteiger partial charge in [-0.25, -0.2) is 0 Å². The highest BCUT2D eigenvalue weighted by atomic mass is 79.9. The number of allylic oxidation sites excluding steroid dienone is 1. The SMILES string of the molecule is CCCc1sc(C(=O)/C=C/c2ccc(COc3cc(Cl)ccc3Cl)o2)cc1Br. The molecule has 0 aliphatic rings. The lowest BCUT2D eigenvalue weighted by molar-refractivity contribution is 0.105. The Balaban J connectivity index is 1.61. The van der Waals surface area contributed by atoms with Crippen molar-refractivity contribution < 1.29 is 13.9 Å². The minimum absolute atomic E-state index is 0.0482. The van der Waals surface area contributed by atoms with Crippen molar-refractivity contribution in [3.63, 3.8) is 0 Å². The summed E-state index contributed by atoms with van der Waals surface area (Å²) in [5.41, 5.74) is 0. The summed E-state index contributed by atoms with van der Waals surface area (Å²) in [6, 6.07) is 10.5. The average molecular weight is 500 g/mol. The molecule has 0 aliphatic carbocycles. The van der Waals surface area contributed by atoms with Crippen molar-refractivity contribution in [2.24, 2.45) is 0 Å². The van der Waals surface area contributed by atoms with Gasteiger partial charge in [-0.2, -0.15) is 0 Å². The van der Waals surface area contributed by atoms with Crippen molar-refractivity contribution in [3.05, 3.63) is 78.3 Å². The molecule has 0 amide bonds. The first-order valence-electron chi connectivity index (χ1n) is 8.63. The number of thiophene rings is 1. The van der Waals surface area contributed by atoms with Gasteiger partial charge in [0.2, 0.25) is 0 Å². The van der Waals surface area contributed by atoms with Crippen LogP contribution in [0.5, 0.6) is 5.75 Å². The maximum Gasteiger partial charge on any atom is 0.195 e. The Morgan fingerprint density at radius 2 is 2.07 bits per heavy atom. The number of rotatable bonds is 8. The molecule has 0 fully saturated rings. The fourth-order valence-corrected chi connectivity index (χ4v) is 4.69. The first-order chi connectivity index (χ1) is 13.5. The van der Waals surface area contributed by atoms with Gasteiger partial charge in [0.1, 0.15) is 23.9 Å². The van der Waals surface area contributed by atoms with Gasteiger partial charge in [-0.3, -0.25) is 4.79 Å². The van der Waals surface area contributed by atoms with Crippen LogP contribution < -0.4 is 4.74 Å². The molecule has 0 unspecified atom stereocenters. The predicted molar refractivity (Wildman–Crippen MR) is 119 cm³/mol. The number of benzene rings is 1. The van der Waals surface area contributed by atoms with Crippen molar-refractivity contribution in [2.75, 3.05) is 0 Å². The Morgan fingerprint density at radius 1 is 1.25 bits per heavy atom. The molecule has 0 bridgehead atoms. The van der Waals surface area contributed by atoms with E-state index in [1.54, 1.807) is 36.4 Å². The summed E-state index contributed by atoms with van der Waals surface area (Å²) in [5.74, 6) is 1.64. The highest BCUT2D eigenvalue weighted by Crippen LogP contribution is 2.30. The zero-order chi connectivity index (χ0) is 20.1. The van der Waals surface area contributed by atoms with Crippen LogP contribution in [0.2, 0.25) is 10.0 Å². The van der Waals surface area contributed by atoms with Gasteiger partial charge < -0.3 is 9.15 Å². The fourth-order valence-electron chi connectivity index (χ4n) is 2.46. The maximum atomic E-state index is 12.4. The van der Waals surface area contributed by atoms with Crippen LogP contribution in [0.1, 0.15) is 39.4 Å². The third kappa shape index (κ3) is 5.51. The van der Waals surface area contributed by atoms with E-state index in [2.05, 4.69) is 22.9 Å². The molecule has 0 radical (unpaired) electrons. The number of ether oxygens (including phenoxy) is 1. The third-order valence-electron chi connectivity index (χ3n) is 3.82. The van der Waals surface area contributed by atoms with Gasteiger partial charge in [0.15, 0.2) is 5.78 Å². The van der Waals surface area contributed by atoms with E-state index in [-0.39, 0.29) is 12.4 Å². The minimum atomic E-state index is -0.0482. The molecule has 2 aromatic heterocycles. The summed E-state index contributed by atoms with van der Waals surface area (Å²) < 4.78 is 12.3. The van der Waals surface area contributed by atoms with Crippen LogP contribution in [0.25, 0.3) is 6.08 Å². The van der Waals surface area contributed by atoms with Crippen LogP contribution in [0.3, 0.4) is 0 Å². The number of carbonyl (C=O) groups is 1. The van der Waals surface area contributed by atoms with Gasteiger partial charge in [0, 0.05) is 20.4 Å². The van der Waals surface area contributed by atoms with Crippen molar-refractivity contribution in [1.82, 2.24) is 0 Å². The summed E-state index contributed by atoms with van der Waals surface area (Å²) in [5, 5.41) is 1.02. The molecule has 0 spiro atoms. The molecule has 0 saturated heterocycles. The van der Waals surface area contributed by atoms with Gasteiger partial charge in [-0.15, -0.1) is 11.3 Å². The Labute approximate surface area is 186 Å². The largest absolute Gasteiger partial charge is 0.484 e. The number of ketones is 1. The monoisotopic (exact) mass is 498 g/mol. The molecule has 0 saturated carbocycles. The van der Waals surface area contributed by atoms with Crippen molar-refractivity contribution >= 4 is 62.3 Å². The molecule has 28 heavy (non-hydrogen) atoms. The Morgan fingerprint density at radius 3 is 2.86 bits per heavy atom. The van der Waals surface area contributed by atoms with Crippen LogP contribution in [0.4, 0.5) is 0 Å². The number of hydrogen-bond donors (Lipinski definition) is 0. The highest BCUT2D eigenvalue weighted by molar-refractivity contribution is 9.10. The molecule has 3 rings (SSSR count). The molecule has 2 heterocycles. The zero-order valence-corrected chi connectivity index (χ0v) is 18.9. The number of carbonyl (C=O) groups excluding carboxylic acids is 1. The summed E-state index contributed by atoms with van der Waals surface area (Å²) in [6.45, 7) is 2.33. The first-order valence-corrected chi connectivity index (χ1v) is 11.0. The molecule has 1 aromatic carbocycles. The highest BCUT2D eigenvalue weighted by Gasteiger charge is 2.11. The average Bonchev–Trinajstić information content (AvgIpc) is 3.28. The summed E-state index contributed by atoms with van der Waals surface area (Å²) in [6.07, 6.45) is 5.18.